The molecule has 5 atom stereocenters. The first-order valence-electron chi connectivity index (χ1n) is 13.1. The third-order valence-electron chi connectivity index (χ3n) is 6.31. The van der Waals surface area contributed by atoms with Gasteiger partial charge in [0, 0.05) is 45.4 Å². The van der Waals surface area contributed by atoms with Crippen LogP contribution in [-0.2, 0) is 49.3 Å². The van der Waals surface area contributed by atoms with Gasteiger partial charge in [-0.05, 0) is 36.1 Å². The normalized spacial score (nSPS) is 22.1. The van der Waals surface area contributed by atoms with E-state index >= 15 is 0 Å². The molecule has 224 valence electrons. The largest absolute Gasteiger partial charge is 0.508 e. The standard InChI is InChI=1S/C28H36N2O11/c1-13(2)23-21(11-19-8-9-20(35)10-14(19)3)27(30-29-23)41-28-26(39-18(7)34)25(38-17(6)33)24(37-16(5)32)22(40-28)12-36-15(4)31/h8-10,13,22,24-26,28,35H,11-12H2,1-7H3,(H,29,30)/t22-,24+,25+,26-,28+/m1/s1. The van der Waals surface area contributed by atoms with Crippen LogP contribution in [0.3, 0.4) is 0 Å². The smallest absolute Gasteiger partial charge is 0.303 e. The van der Waals surface area contributed by atoms with Crippen molar-refractivity contribution in [2.24, 2.45) is 0 Å². The number of carbonyl (C=O) groups is 4. The van der Waals surface area contributed by atoms with Crippen LogP contribution in [0, 0.1) is 6.92 Å². The number of ether oxygens (including phenoxy) is 6. The summed E-state index contributed by atoms with van der Waals surface area (Å²) in [6.45, 7) is 10.1. The Morgan fingerprint density at radius 3 is 2.12 bits per heavy atom. The van der Waals surface area contributed by atoms with Gasteiger partial charge in [-0.2, -0.15) is 0 Å². The molecule has 0 unspecified atom stereocenters. The van der Waals surface area contributed by atoms with E-state index in [9.17, 15) is 24.3 Å². The minimum absolute atomic E-state index is 0.0164. The van der Waals surface area contributed by atoms with Crippen LogP contribution < -0.4 is 4.74 Å². The lowest BCUT2D eigenvalue weighted by molar-refractivity contribution is -0.289. The van der Waals surface area contributed by atoms with Gasteiger partial charge in [0.1, 0.15) is 18.5 Å². The van der Waals surface area contributed by atoms with Gasteiger partial charge in [-0.25, -0.2) is 0 Å². The van der Waals surface area contributed by atoms with Crippen molar-refractivity contribution in [2.45, 2.75) is 91.5 Å². The third kappa shape index (κ3) is 8.19. The molecule has 0 amide bonds. The molecular formula is C28H36N2O11. The number of benzene rings is 1. The molecule has 0 spiro atoms. The van der Waals surface area contributed by atoms with E-state index in [-0.39, 0.29) is 24.2 Å². The Morgan fingerprint density at radius 2 is 1.56 bits per heavy atom. The minimum atomic E-state index is -1.42. The Kier molecular flexibility index (Phi) is 10.3. The molecule has 0 aliphatic carbocycles. The fraction of sp³-hybridized carbons (Fsp3) is 0.536. The highest BCUT2D eigenvalue weighted by Gasteiger charge is 2.53. The highest BCUT2D eigenvalue weighted by atomic mass is 16.7. The van der Waals surface area contributed by atoms with Gasteiger partial charge in [-0.3, -0.25) is 24.3 Å². The number of nitrogens with zero attached hydrogens (tertiary/aromatic N) is 1. The topological polar surface area (TPSA) is 173 Å². The first-order chi connectivity index (χ1) is 19.3. The molecule has 2 heterocycles. The number of phenolic OH excluding ortho intramolecular Hbond substituents is 1. The molecule has 2 N–H and O–H groups in total. The summed E-state index contributed by atoms with van der Waals surface area (Å²) >= 11 is 0. The SMILES string of the molecule is CC(=O)OC[C@H]1O[C@@H](Oc2n[nH]c(C(C)C)c2Cc2ccc(O)cc2C)[C@H](OC(C)=O)[C@@H](OC(C)=O)[C@H]1OC(C)=O. The summed E-state index contributed by atoms with van der Waals surface area (Å²) in [5, 5.41) is 17.2. The number of aryl methyl sites for hydroxylation is 1. The number of H-pyrrole nitrogens is 1. The summed E-state index contributed by atoms with van der Waals surface area (Å²) in [5.74, 6) is -2.57. The van der Waals surface area contributed by atoms with Crippen molar-refractivity contribution in [1.29, 1.82) is 0 Å². The van der Waals surface area contributed by atoms with Gasteiger partial charge in [0.05, 0.1) is 0 Å². The highest BCUT2D eigenvalue weighted by Crippen LogP contribution is 2.34. The number of aromatic hydroxyl groups is 1. The molecule has 1 aromatic heterocycles. The minimum Gasteiger partial charge on any atom is -0.508 e. The molecule has 1 fully saturated rings. The number of carbonyl (C=O) groups excluding carboxylic acids is 4. The lowest BCUT2D eigenvalue weighted by Gasteiger charge is -2.43. The molecule has 0 bridgehead atoms. The van der Waals surface area contributed by atoms with Crippen LogP contribution in [0.15, 0.2) is 18.2 Å². The Bertz CT molecular complexity index is 1270. The van der Waals surface area contributed by atoms with Crippen LogP contribution in [0.5, 0.6) is 11.6 Å². The van der Waals surface area contributed by atoms with Crippen LogP contribution in [0.4, 0.5) is 0 Å². The predicted molar refractivity (Wildman–Crippen MR) is 141 cm³/mol. The van der Waals surface area contributed by atoms with Gasteiger partial charge < -0.3 is 33.5 Å². The number of esters is 4. The molecule has 0 radical (unpaired) electrons. The van der Waals surface area contributed by atoms with Crippen molar-refractivity contribution in [2.75, 3.05) is 6.61 Å². The summed E-state index contributed by atoms with van der Waals surface area (Å²) in [6.07, 6.45) is -6.27. The van der Waals surface area contributed by atoms with Crippen molar-refractivity contribution < 1.29 is 52.7 Å². The molecule has 1 saturated heterocycles. The molecule has 2 aromatic rings. The maximum absolute atomic E-state index is 12.1. The summed E-state index contributed by atoms with van der Waals surface area (Å²) in [7, 11) is 0. The predicted octanol–water partition coefficient (Wildman–Crippen LogP) is 2.60. The Morgan fingerprint density at radius 1 is 0.951 bits per heavy atom. The second-order valence-corrected chi connectivity index (χ2v) is 10.0. The maximum atomic E-state index is 12.1. The Hall–Kier alpha value is -4.13. The van der Waals surface area contributed by atoms with E-state index < -0.39 is 54.6 Å². The Balaban J connectivity index is 2.06. The number of hydrogen-bond acceptors (Lipinski definition) is 12. The number of nitrogens with one attached hydrogen (secondary N) is 1. The second kappa shape index (κ2) is 13.5. The zero-order chi connectivity index (χ0) is 30.4. The van der Waals surface area contributed by atoms with Gasteiger partial charge in [0.25, 0.3) is 0 Å². The van der Waals surface area contributed by atoms with E-state index in [0.717, 1.165) is 37.6 Å². The summed E-state index contributed by atoms with van der Waals surface area (Å²) < 4.78 is 33.8. The van der Waals surface area contributed by atoms with Gasteiger partial charge in [-0.15, -0.1) is 5.10 Å². The van der Waals surface area contributed by atoms with Crippen molar-refractivity contribution >= 4 is 23.9 Å². The molecule has 13 nitrogen and oxygen atoms in total. The number of aromatic amines is 1. The van der Waals surface area contributed by atoms with E-state index in [1.165, 1.54) is 6.92 Å². The summed E-state index contributed by atoms with van der Waals surface area (Å²) in [5.41, 5.74) is 3.21. The van der Waals surface area contributed by atoms with E-state index in [0.29, 0.717) is 12.0 Å². The molecular weight excluding hydrogens is 540 g/mol. The van der Waals surface area contributed by atoms with E-state index in [4.69, 9.17) is 28.4 Å². The van der Waals surface area contributed by atoms with Gasteiger partial charge in [0.2, 0.25) is 18.3 Å². The Labute approximate surface area is 237 Å². The fourth-order valence-corrected chi connectivity index (χ4v) is 4.57. The molecule has 1 aromatic carbocycles. The van der Waals surface area contributed by atoms with Crippen LogP contribution in [0.2, 0.25) is 0 Å². The van der Waals surface area contributed by atoms with Crippen LogP contribution in [0.25, 0.3) is 0 Å². The third-order valence-corrected chi connectivity index (χ3v) is 6.31. The summed E-state index contributed by atoms with van der Waals surface area (Å²) in [4.78, 5) is 47.8. The van der Waals surface area contributed by atoms with E-state index in [1.807, 2.05) is 20.8 Å². The first kappa shape index (κ1) is 31.4. The van der Waals surface area contributed by atoms with Crippen LogP contribution >= 0.6 is 0 Å². The van der Waals surface area contributed by atoms with Gasteiger partial charge in [0.15, 0.2) is 12.2 Å². The molecule has 1 aliphatic rings. The molecule has 0 saturated carbocycles. The van der Waals surface area contributed by atoms with Crippen LogP contribution in [0.1, 0.15) is 69.8 Å². The number of phenols is 1. The van der Waals surface area contributed by atoms with Crippen molar-refractivity contribution in [3.63, 3.8) is 0 Å². The lowest BCUT2D eigenvalue weighted by Crippen LogP contribution is -2.63. The van der Waals surface area contributed by atoms with Gasteiger partial charge in [-0.1, -0.05) is 19.9 Å². The van der Waals surface area contributed by atoms with Crippen molar-refractivity contribution in [3.05, 3.63) is 40.6 Å². The highest BCUT2D eigenvalue weighted by molar-refractivity contribution is 5.68. The fourth-order valence-electron chi connectivity index (χ4n) is 4.57. The molecule has 1 aliphatic heterocycles. The second-order valence-electron chi connectivity index (χ2n) is 10.0. The zero-order valence-corrected chi connectivity index (χ0v) is 24.1. The number of aromatic nitrogens is 2. The lowest BCUT2D eigenvalue weighted by atomic mass is 9.96. The van der Waals surface area contributed by atoms with E-state index in [2.05, 4.69) is 10.2 Å². The maximum Gasteiger partial charge on any atom is 0.303 e. The molecule has 13 heteroatoms. The van der Waals surface area contributed by atoms with Gasteiger partial charge >= 0.3 is 23.9 Å². The quantitative estimate of drug-likeness (QED) is 0.313. The average molecular weight is 577 g/mol. The molecule has 41 heavy (non-hydrogen) atoms. The van der Waals surface area contributed by atoms with Crippen molar-refractivity contribution in [1.82, 2.24) is 10.2 Å². The first-order valence-corrected chi connectivity index (χ1v) is 13.1. The molecule has 3 rings (SSSR count). The monoisotopic (exact) mass is 576 g/mol. The van der Waals surface area contributed by atoms with E-state index in [1.54, 1.807) is 18.2 Å². The van der Waals surface area contributed by atoms with Crippen molar-refractivity contribution in [3.8, 4) is 11.6 Å². The average Bonchev–Trinajstić information content (AvgIpc) is 3.24. The number of hydrogen-bond donors (Lipinski definition) is 2. The summed E-state index contributed by atoms with van der Waals surface area (Å²) in [6, 6.07) is 5.02. The number of rotatable bonds is 10. The zero-order valence-electron chi connectivity index (χ0n) is 24.1. The van der Waals surface area contributed by atoms with Crippen LogP contribution in [-0.4, -0.2) is 76.5 Å².